The minimum atomic E-state index is 0.532. The van der Waals surface area contributed by atoms with E-state index in [2.05, 4.69) is 55.4 Å². The first-order valence-corrected chi connectivity index (χ1v) is 8.62. The van der Waals surface area contributed by atoms with Crippen molar-refractivity contribution in [1.82, 2.24) is 9.80 Å². The van der Waals surface area contributed by atoms with Crippen molar-refractivity contribution in [3.8, 4) is 0 Å². The second-order valence-electron chi connectivity index (χ2n) is 6.43. The third-order valence-corrected chi connectivity index (χ3v) is 3.28. The highest BCUT2D eigenvalue weighted by atomic mass is 15.2. The van der Waals surface area contributed by atoms with E-state index in [9.17, 15) is 0 Å². The second-order valence-corrected chi connectivity index (χ2v) is 6.43. The maximum absolute atomic E-state index is 4.81. The molecule has 0 rings (SSSR count). The Bertz CT molecular complexity index is 348. The lowest BCUT2D eigenvalue weighted by Crippen LogP contribution is -2.26. The first-order valence-electron chi connectivity index (χ1n) is 8.62. The summed E-state index contributed by atoms with van der Waals surface area (Å²) in [6, 6.07) is 0. The van der Waals surface area contributed by atoms with E-state index in [-0.39, 0.29) is 0 Å². The van der Waals surface area contributed by atoms with E-state index in [1.807, 2.05) is 14.1 Å². The number of aliphatic imine (C=N–C) groups is 2. The quantitative estimate of drug-likeness (QED) is 0.418. The van der Waals surface area contributed by atoms with E-state index >= 15 is 0 Å². The summed E-state index contributed by atoms with van der Waals surface area (Å²) >= 11 is 0. The largest absolute Gasteiger partial charge is 0.381 e. The van der Waals surface area contributed by atoms with Crippen molar-refractivity contribution in [2.45, 2.75) is 59.8 Å². The monoisotopic (exact) mass is 308 g/mol. The number of rotatable bonds is 11. The van der Waals surface area contributed by atoms with E-state index in [0.29, 0.717) is 5.92 Å². The molecule has 0 aromatic rings. The van der Waals surface area contributed by atoms with Crippen LogP contribution in [0.2, 0.25) is 0 Å². The van der Waals surface area contributed by atoms with Gasteiger partial charge in [-0.05, 0) is 25.5 Å². The summed E-state index contributed by atoms with van der Waals surface area (Å²) < 4.78 is 0. The summed E-state index contributed by atoms with van der Waals surface area (Å²) in [7, 11) is 4.08. The Morgan fingerprint density at radius 3 is 2.00 bits per heavy atom. The molecular weight excluding hydrogens is 272 g/mol. The molecular formula is C18H36N4. The van der Waals surface area contributed by atoms with Crippen LogP contribution in [0.1, 0.15) is 59.8 Å². The van der Waals surface area contributed by atoms with Gasteiger partial charge in [0, 0.05) is 39.8 Å². The molecule has 0 aliphatic carbocycles. The molecule has 0 fully saturated rings. The normalized spacial score (nSPS) is 12.7. The maximum Gasteiger partial charge on any atom is 0.146 e. The Morgan fingerprint density at radius 2 is 1.64 bits per heavy atom. The predicted molar refractivity (Wildman–Crippen MR) is 99.6 cm³/mol. The molecule has 128 valence electrons. The summed E-state index contributed by atoms with van der Waals surface area (Å²) in [6.07, 6.45) is 7.72. The van der Waals surface area contributed by atoms with Crippen LogP contribution in [0, 0.1) is 5.92 Å². The number of hydrogen-bond acceptors (Lipinski definition) is 3. The Hall–Kier alpha value is -1.32. The van der Waals surface area contributed by atoms with Gasteiger partial charge >= 0.3 is 0 Å². The molecule has 22 heavy (non-hydrogen) atoms. The van der Waals surface area contributed by atoms with Crippen molar-refractivity contribution >= 4 is 12.6 Å². The van der Waals surface area contributed by atoms with Crippen molar-refractivity contribution in [2.75, 3.05) is 27.2 Å². The van der Waals surface area contributed by atoms with E-state index in [0.717, 1.165) is 31.2 Å². The third kappa shape index (κ3) is 9.59. The molecule has 0 N–H and O–H groups in total. The molecule has 0 radical (unpaired) electrons. The molecule has 0 spiro atoms. The van der Waals surface area contributed by atoms with Crippen LogP contribution in [-0.4, -0.2) is 49.5 Å². The third-order valence-electron chi connectivity index (χ3n) is 3.28. The molecule has 4 nitrogen and oxygen atoms in total. The minimum Gasteiger partial charge on any atom is -0.381 e. The topological polar surface area (TPSA) is 31.2 Å². The molecule has 0 heterocycles. The zero-order chi connectivity index (χ0) is 17.0. The Kier molecular flexibility index (Phi) is 11.5. The molecule has 0 saturated heterocycles. The van der Waals surface area contributed by atoms with E-state index < -0.39 is 0 Å². The fraction of sp³-hybridized carbons (Fsp3) is 0.778. The van der Waals surface area contributed by atoms with E-state index in [1.165, 1.54) is 25.7 Å². The highest BCUT2D eigenvalue weighted by Crippen LogP contribution is 2.14. The Balaban J connectivity index is 5.34. The predicted octanol–water partition coefficient (Wildman–Crippen LogP) is 4.39. The van der Waals surface area contributed by atoms with Crippen LogP contribution in [0.25, 0.3) is 0 Å². The molecule has 0 saturated carbocycles. The molecule has 4 heteroatoms. The number of nitrogens with zero attached hydrogens (tertiary/aromatic N) is 4. The summed E-state index contributed by atoms with van der Waals surface area (Å²) in [5, 5.41) is 0. The number of unbranched alkanes of at least 4 members (excludes halogenated alkanes) is 2. The minimum absolute atomic E-state index is 0.532. The van der Waals surface area contributed by atoms with Crippen LogP contribution in [-0.2, 0) is 0 Å². The summed E-state index contributed by atoms with van der Waals surface area (Å²) in [5.74, 6) is 2.38. The first-order chi connectivity index (χ1) is 10.4. The van der Waals surface area contributed by atoms with E-state index in [4.69, 9.17) is 4.99 Å². The van der Waals surface area contributed by atoms with Gasteiger partial charge in [0.1, 0.15) is 11.7 Å². The van der Waals surface area contributed by atoms with Crippen LogP contribution in [0.15, 0.2) is 22.0 Å². The number of amidine groups is 1. The highest BCUT2D eigenvalue weighted by Gasteiger charge is 2.11. The summed E-state index contributed by atoms with van der Waals surface area (Å²) in [5.41, 5.74) is 0. The van der Waals surface area contributed by atoms with Gasteiger partial charge in [-0.25, -0.2) is 9.98 Å². The lowest BCUT2D eigenvalue weighted by molar-refractivity contribution is 0.320. The van der Waals surface area contributed by atoms with Crippen molar-refractivity contribution in [1.29, 1.82) is 0 Å². The van der Waals surface area contributed by atoms with Crippen molar-refractivity contribution in [3.05, 3.63) is 12.0 Å². The fourth-order valence-electron chi connectivity index (χ4n) is 2.09. The van der Waals surface area contributed by atoms with Gasteiger partial charge < -0.3 is 9.80 Å². The lowest BCUT2D eigenvalue weighted by atomic mass is 10.1. The zero-order valence-electron chi connectivity index (χ0n) is 15.6. The molecule has 0 atom stereocenters. The Labute approximate surface area is 138 Å². The van der Waals surface area contributed by atoms with Crippen LogP contribution >= 0.6 is 0 Å². The van der Waals surface area contributed by atoms with Gasteiger partial charge in [0.25, 0.3) is 0 Å². The first kappa shape index (κ1) is 20.7. The molecule has 0 amide bonds. The van der Waals surface area contributed by atoms with Gasteiger partial charge in [0.2, 0.25) is 0 Å². The SMILES string of the molecule is C=NC(CC(C)C)=N/C(=C\N(C)C)N(CCCC)CCCC. The zero-order valence-corrected chi connectivity index (χ0v) is 15.6. The summed E-state index contributed by atoms with van der Waals surface area (Å²) in [6.45, 7) is 14.6. The molecule has 0 aliphatic heterocycles. The van der Waals surface area contributed by atoms with Crippen LogP contribution in [0.3, 0.4) is 0 Å². The van der Waals surface area contributed by atoms with Crippen LogP contribution < -0.4 is 0 Å². The molecule has 0 unspecified atom stereocenters. The second kappa shape index (κ2) is 12.2. The lowest BCUT2D eigenvalue weighted by Gasteiger charge is -2.26. The van der Waals surface area contributed by atoms with Crippen LogP contribution in [0.5, 0.6) is 0 Å². The van der Waals surface area contributed by atoms with Gasteiger partial charge in [-0.3, -0.25) is 0 Å². The average molecular weight is 309 g/mol. The molecule has 0 aromatic heterocycles. The standard InChI is InChI=1S/C18H36N4/c1-8-10-12-22(13-11-9-2)18(15-21(6)7)20-17(19-5)14-16(3)4/h15-16H,5,8-14H2,1-4,6-7H3/b18-15+,20-17?. The van der Waals surface area contributed by atoms with Crippen molar-refractivity contribution < 1.29 is 0 Å². The molecule has 0 aliphatic rings. The molecule has 0 aromatic carbocycles. The fourth-order valence-corrected chi connectivity index (χ4v) is 2.09. The summed E-state index contributed by atoms with van der Waals surface area (Å²) in [4.78, 5) is 13.4. The van der Waals surface area contributed by atoms with E-state index in [1.54, 1.807) is 0 Å². The van der Waals surface area contributed by atoms with Crippen molar-refractivity contribution in [2.24, 2.45) is 15.9 Å². The molecule has 0 bridgehead atoms. The highest BCUT2D eigenvalue weighted by molar-refractivity contribution is 5.87. The van der Waals surface area contributed by atoms with Gasteiger partial charge in [-0.2, -0.15) is 0 Å². The van der Waals surface area contributed by atoms with Crippen molar-refractivity contribution in [3.63, 3.8) is 0 Å². The van der Waals surface area contributed by atoms with Gasteiger partial charge in [-0.15, -0.1) is 0 Å². The maximum atomic E-state index is 4.81. The average Bonchev–Trinajstić information content (AvgIpc) is 2.45. The van der Waals surface area contributed by atoms with Gasteiger partial charge in [0.05, 0.1) is 0 Å². The Morgan fingerprint density at radius 1 is 1.09 bits per heavy atom. The van der Waals surface area contributed by atoms with Gasteiger partial charge in [-0.1, -0.05) is 40.5 Å². The number of hydrogen-bond donors (Lipinski definition) is 0. The van der Waals surface area contributed by atoms with Gasteiger partial charge in [0.15, 0.2) is 0 Å². The van der Waals surface area contributed by atoms with Crippen LogP contribution in [0.4, 0.5) is 0 Å². The smallest absolute Gasteiger partial charge is 0.146 e.